The zero-order valence-corrected chi connectivity index (χ0v) is 10.4. The number of hydrogen-bond acceptors (Lipinski definition) is 4. The van der Waals surface area contributed by atoms with Gasteiger partial charge in [0.1, 0.15) is 0 Å². The smallest absolute Gasteiger partial charge is 0.180 e. The van der Waals surface area contributed by atoms with Gasteiger partial charge in [0.05, 0.1) is 5.69 Å². The lowest BCUT2D eigenvalue weighted by atomic mass is 10.1. The Bertz CT molecular complexity index is 507. The minimum atomic E-state index is 0.705. The van der Waals surface area contributed by atoms with E-state index in [1.165, 1.54) is 16.1 Å². The average molecular weight is 245 g/mol. The first-order valence-electron chi connectivity index (χ1n) is 5.81. The Hall–Kier alpha value is -1.39. The van der Waals surface area contributed by atoms with Crippen molar-refractivity contribution in [3.05, 3.63) is 46.5 Å². The number of aromatic nitrogens is 1. The highest BCUT2D eigenvalue weighted by molar-refractivity contribution is 7.15. The molecule has 1 aliphatic heterocycles. The van der Waals surface area contributed by atoms with Gasteiger partial charge in [-0.05, 0) is 5.56 Å². The van der Waals surface area contributed by atoms with Crippen LogP contribution in [0.1, 0.15) is 16.1 Å². The van der Waals surface area contributed by atoms with E-state index in [9.17, 15) is 0 Å². The Balaban J connectivity index is 1.72. The summed E-state index contributed by atoms with van der Waals surface area (Å²) in [6.07, 6.45) is 1.02. The summed E-state index contributed by atoms with van der Waals surface area (Å²) in [6.45, 7) is 3.07. The van der Waals surface area contributed by atoms with Crippen LogP contribution in [-0.2, 0) is 19.5 Å². The first-order valence-corrected chi connectivity index (χ1v) is 6.63. The second-order valence-electron chi connectivity index (χ2n) is 4.37. The van der Waals surface area contributed by atoms with Gasteiger partial charge in [0.15, 0.2) is 5.13 Å². The number of fused-ring (bicyclic) bond motifs is 1. The first-order chi connectivity index (χ1) is 8.31. The van der Waals surface area contributed by atoms with Gasteiger partial charge < -0.3 is 5.73 Å². The predicted octanol–water partition coefficient (Wildman–Crippen LogP) is 2.28. The SMILES string of the molecule is Nc1nc2c(s1)CN(Cc1ccccc1)CC2. The molecule has 2 aromatic rings. The van der Waals surface area contributed by atoms with Gasteiger partial charge in [-0.1, -0.05) is 30.3 Å². The highest BCUT2D eigenvalue weighted by atomic mass is 32.1. The molecule has 1 aliphatic rings. The molecule has 0 fully saturated rings. The summed E-state index contributed by atoms with van der Waals surface area (Å²) < 4.78 is 0. The summed E-state index contributed by atoms with van der Waals surface area (Å²) in [5.74, 6) is 0. The third-order valence-corrected chi connectivity index (χ3v) is 3.99. The molecule has 3 rings (SSSR count). The van der Waals surface area contributed by atoms with Crippen LogP contribution in [0.15, 0.2) is 30.3 Å². The van der Waals surface area contributed by atoms with Crippen molar-refractivity contribution in [3.63, 3.8) is 0 Å². The fourth-order valence-electron chi connectivity index (χ4n) is 2.24. The third kappa shape index (κ3) is 2.33. The molecule has 0 atom stereocenters. The normalized spacial score (nSPS) is 15.8. The Morgan fingerprint density at radius 2 is 2.12 bits per heavy atom. The van der Waals surface area contributed by atoms with Crippen LogP contribution in [0.25, 0.3) is 0 Å². The Morgan fingerprint density at radius 1 is 1.29 bits per heavy atom. The van der Waals surface area contributed by atoms with Crippen molar-refractivity contribution in [2.24, 2.45) is 0 Å². The molecule has 0 saturated carbocycles. The van der Waals surface area contributed by atoms with E-state index < -0.39 is 0 Å². The topological polar surface area (TPSA) is 42.1 Å². The molecule has 0 bridgehead atoms. The lowest BCUT2D eigenvalue weighted by Crippen LogP contribution is -2.29. The minimum absolute atomic E-state index is 0.705. The van der Waals surface area contributed by atoms with Crippen LogP contribution < -0.4 is 5.73 Å². The monoisotopic (exact) mass is 245 g/mol. The number of rotatable bonds is 2. The van der Waals surface area contributed by atoms with Crippen LogP contribution in [0, 0.1) is 0 Å². The van der Waals surface area contributed by atoms with Gasteiger partial charge in [-0.15, -0.1) is 11.3 Å². The second-order valence-corrected chi connectivity index (χ2v) is 5.48. The molecule has 2 N–H and O–H groups in total. The molecule has 88 valence electrons. The van der Waals surface area contributed by atoms with Crippen LogP contribution in [-0.4, -0.2) is 16.4 Å². The molecule has 0 radical (unpaired) electrons. The highest BCUT2D eigenvalue weighted by Gasteiger charge is 2.19. The summed E-state index contributed by atoms with van der Waals surface area (Å²) in [7, 11) is 0. The van der Waals surface area contributed by atoms with E-state index in [-0.39, 0.29) is 0 Å². The number of benzene rings is 1. The van der Waals surface area contributed by atoms with Gasteiger partial charge in [0, 0.05) is 30.9 Å². The lowest BCUT2D eigenvalue weighted by molar-refractivity contribution is 0.247. The Morgan fingerprint density at radius 3 is 2.94 bits per heavy atom. The largest absolute Gasteiger partial charge is 0.375 e. The van der Waals surface area contributed by atoms with Crippen molar-refractivity contribution < 1.29 is 0 Å². The Labute approximate surface area is 105 Å². The van der Waals surface area contributed by atoms with Gasteiger partial charge in [0.25, 0.3) is 0 Å². The molecule has 0 aliphatic carbocycles. The number of anilines is 1. The summed E-state index contributed by atoms with van der Waals surface area (Å²) in [5.41, 5.74) is 8.32. The average Bonchev–Trinajstić information content (AvgIpc) is 2.70. The molecular weight excluding hydrogens is 230 g/mol. The zero-order chi connectivity index (χ0) is 11.7. The van der Waals surface area contributed by atoms with Gasteiger partial charge in [-0.2, -0.15) is 0 Å². The van der Waals surface area contributed by atoms with E-state index in [0.29, 0.717) is 5.13 Å². The van der Waals surface area contributed by atoms with Crippen LogP contribution in [0.2, 0.25) is 0 Å². The summed E-state index contributed by atoms with van der Waals surface area (Å²) in [6, 6.07) is 10.6. The molecule has 0 amide bonds. The van der Waals surface area contributed by atoms with Crippen LogP contribution in [0.5, 0.6) is 0 Å². The predicted molar refractivity (Wildman–Crippen MR) is 70.8 cm³/mol. The molecule has 3 nitrogen and oxygen atoms in total. The fourth-order valence-corrected chi connectivity index (χ4v) is 3.17. The van der Waals surface area contributed by atoms with Gasteiger partial charge in [-0.3, -0.25) is 4.90 Å². The minimum Gasteiger partial charge on any atom is -0.375 e. The van der Waals surface area contributed by atoms with E-state index in [4.69, 9.17) is 5.73 Å². The van der Waals surface area contributed by atoms with Crippen LogP contribution in [0.4, 0.5) is 5.13 Å². The van der Waals surface area contributed by atoms with Crippen molar-refractivity contribution in [3.8, 4) is 0 Å². The maximum absolute atomic E-state index is 5.75. The maximum Gasteiger partial charge on any atom is 0.180 e. The fraction of sp³-hybridized carbons (Fsp3) is 0.308. The molecule has 1 aromatic heterocycles. The molecule has 0 spiro atoms. The van der Waals surface area contributed by atoms with E-state index in [1.54, 1.807) is 11.3 Å². The highest BCUT2D eigenvalue weighted by Crippen LogP contribution is 2.27. The second kappa shape index (κ2) is 4.47. The summed E-state index contributed by atoms with van der Waals surface area (Å²) in [5, 5.41) is 0.705. The Kier molecular flexibility index (Phi) is 2.82. The van der Waals surface area contributed by atoms with Gasteiger partial charge >= 0.3 is 0 Å². The maximum atomic E-state index is 5.75. The number of thiazole rings is 1. The van der Waals surface area contributed by atoms with E-state index in [0.717, 1.165) is 26.1 Å². The molecule has 0 unspecified atom stereocenters. The van der Waals surface area contributed by atoms with E-state index in [2.05, 4.69) is 40.2 Å². The summed E-state index contributed by atoms with van der Waals surface area (Å²) >= 11 is 1.63. The van der Waals surface area contributed by atoms with Crippen molar-refractivity contribution in [2.45, 2.75) is 19.5 Å². The standard InChI is InChI=1S/C13H15N3S/c14-13-15-11-6-7-16(9-12(11)17-13)8-10-4-2-1-3-5-10/h1-5H,6-9H2,(H2,14,15). The molecule has 1 aromatic carbocycles. The molecular formula is C13H15N3S. The van der Waals surface area contributed by atoms with Crippen molar-refractivity contribution in [1.82, 2.24) is 9.88 Å². The van der Waals surface area contributed by atoms with Crippen molar-refractivity contribution >= 4 is 16.5 Å². The molecule has 2 heterocycles. The number of hydrogen-bond donors (Lipinski definition) is 1. The quantitative estimate of drug-likeness (QED) is 0.882. The molecule has 17 heavy (non-hydrogen) atoms. The number of nitrogens with zero attached hydrogens (tertiary/aromatic N) is 2. The van der Waals surface area contributed by atoms with Crippen LogP contribution >= 0.6 is 11.3 Å². The van der Waals surface area contributed by atoms with E-state index >= 15 is 0 Å². The van der Waals surface area contributed by atoms with Crippen molar-refractivity contribution in [1.29, 1.82) is 0 Å². The van der Waals surface area contributed by atoms with Crippen LogP contribution in [0.3, 0.4) is 0 Å². The van der Waals surface area contributed by atoms with Gasteiger partial charge in [-0.25, -0.2) is 4.98 Å². The first kappa shape index (κ1) is 10.7. The molecule has 0 saturated heterocycles. The number of nitrogen functional groups attached to an aromatic ring is 1. The van der Waals surface area contributed by atoms with E-state index in [1.807, 2.05) is 0 Å². The zero-order valence-electron chi connectivity index (χ0n) is 9.60. The molecule has 4 heteroatoms. The third-order valence-electron chi connectivity index (χ3n) is 3.08. The van der Waals surface area contributed by atoms with Crippen molar-refractivity contribution in [2.75, 3.05) is 12.3 Å². The lowest BCUT2D eigenvalue weighted by Gasteiger charge is -2.25. The summed E-state index contributed by atoms with van der Waals surface area (Å²) in [4.78, 5) is 8.15. The van der Waals surface area contributed by atoms with Gasteiger partial charge in [0.2, 0.25) is 0 Å². The number of nitrogens with two attached hydrogens (primary N) is 1.